The van der Waals surface area contributed by atoms with E-state index in [1.807, 2.05) is 19.1 Å². The van der Waals surface area contributed by atoms with Crippen molar-refractivity contribution in [3.05, 3.63) is 63.7 Å². The molecule has 0 unspecified atom stereocenters. The average Bonchev–Trinajstić information content (AvgIpc) is 2.77. The van der Waals surface area contributed by atoms with E-state index in [0.717, 1.165) is 21.1 Å². The number of rotatable bonds is 6. The highest BCUT2D eigenvalue weighted by atomic mass is 35.5. The van der Waals surface area contributed by atoms with Crippen LogP contribution in [-0.2, 0) is 6.61 Å². The van der Waals surface area contributed by atoms with Crippen LogP contribution in [0.4, 0.5) is 10.5 Å². The molecule has 0 saturated heterocycles. The maximum Gasteiger partial charge on any atom is 0.352 e. The molecule has 9 nitrogen and oxygen atoms in total. The molecule has 0 fully saturated rings. The van der Waals surface area contributed by atoms with Crippen molar-refractivity contribution in [2.75, 3.05) is 19.1 Å². The maximum absolute atomic E-state index is 12.2. The minimum atomic E-state index is -0.612. The maximum atomic E-state index is 12.2. The summed E-state index contributed by atoms with van der Waals surface area (Å²) in [7, 11) is 2.93. The molecule has 2 rings (SSSR count). The van der Waals surface area contributed by atoms with Crippen LogP contribution in [0.15, 0.2) is 47.0 Å². The van der Waals surface area contributed by atoms with E-state index in [4.69, 9.17) is 33.8 Å². The molecular formula is C22H26ClN7O2. The molecule has 0 aliphatic heterocycles. The largest absolute Gasteiger partial charge is 0.488 e. The molecule has 168 valence electrons. The van der Waals surface area contributed by atoms with Crippen molar-refractivity contribution in [1.29, 1.82) is 5.26 Å². The van der Waals surface area contributed by atoms with Gasteiger partial charge in [-0.3, -0.25) is 10.0 Å². The molecule has 6 N–H and O–H groups in total. The Bertz CT molecular complexity index is 1120. The van der Waals surface area contributed by atoms with Crippen LogP contribution >= 0.6 is 11.6 Å². The van der Waals surface area contributed by atoms with Gasteiger partial charge in [0.25, 0.3) is 0 Å². The van der Waals surface area contributed by atoms with Gasteiger partial charge in [0.05, 0.1) is 5.69 Å². The van der Waals surface area contributed by atoms with Crippen LogP contribution in [0.2, 0.25) is 5.02 Å². The number of halogens is 1. The third-order valence-electron chi connectivity index (χ3n) is 4.81. The van der Waals surface area contributed by atoms with E-state index in [1.54, 1.807) is 44.3 Å². The van der Waals surface area contributed by atoms with Gasteiger partial charge in [-0.1, -0.05) is 17.7 Å². The summed E-state index contributed by atoms with van der Waals surface area (Å²) in [5.74, 6) is 12.0. The number of anilines is 1. The fourth-order valence-electron chi connectivity index (χ4n) is 2.96. The van der Waals surface area contributed by atoms with E-state index in [2.05, 4.69) is 4.99 Å². The Morgan fingerprint density at radius 2 is 1.97 bits per heavy atom. The second-order valence-corrected chi connectivity index (χ2v) is 7.40. The van der Waals surface area contributed by atoms with Gasteiger partial charge in [0.2, 0.25) is 0 Å². The second-order valence-electron chi connectivity index (χ2n) is 6.99. The van der Waals surface area contributed by atoms with Crippen molar-refractivity contribution in [3.8, 4) is 11.8 Å². The fraction of sp³-hybridized carbons (Fsp3) is 0.227. The van der Waals surface area contributed by atoms with Crippen LogP contribution in [0, 0.1) is 18.3 Å². The summed E-state index contributed by atoms with van der Waals surface area (Å²) in [6.07, 6.45) is 0. The number of carbonyl (C=O) groups excluding carboxylic acids is 1. The summed E-state index contributed by atoms with van der Waals surface area (Å²) in [4.78, 5) is 16.1. The van der Waals surface area contributed by atoms with E-state index in [-0.39, 0.29) is 12.3 Å². The summed E-state index contributed by atoms with van der Waals surface area (Å²) < 4.78 is 5.96. The molecule has 0 aromatic heterocycles. The Balaban J connectivity index is 2.31. The molecule has 2 aromatic rings. The number of hydrazine groups is 2. The van der Waals surface area contributed by atoms with E-state index < -0.39 is 6.03 Å². The molecule has 0 spiro atoms. The summed E-state index contributed by atoms with van der Waals surface area (Å²) in [5, 5.41) is 11.4. The quantitative estimate of drug-likeness (QED) is 0.264. The Labute approximate surface area is 192 Å². The first-order valence-corrected chi connectivity index (χ1v) is 9.92. The predicted octanol–water partition coefficient (Wildman–Crippen LogP) is 3.12. The Morgan fingerprint density at radius 1 is 1.28 bits per heavy atom. The van der Waals surface area contributed by atoms with Crippen LogP contribution in [0.1, 0.15) is 23.6 Å². The number of ether oxygens (including phenoxy) is 1. The number of nitrogens with two attached hydrogens (primary N) is 3. The lowest BCUT2D eigenvalue weighted by atomic mass is 10.0. The zero-order chi connectivity index (χ0) is 24.0. The van der Waals surface area contributed by atoms with Crippen LogP contribution in [0.5, 0.6) is 5.75 Å². The van der Waals surface area contributed by atoms with E-state index in [0.29, 0.717) is 33.3 Å². The number of nitrogens with zero attached hydrogens (tertiary/aromatic N) is 4. The second kappa shape index (κ2) is 10.6. The third-order valence-corrected chi connectivity index (χ3v) is 5.16. The highest BCUT2D eigenvalue weighted by Gasteiger charge is 2.20. The van der Waals surface area contributed by atoms with Crippen molar-refractivity contribution >= 4 is 34.7 Å². The van der Waals surface area contributed by atoms with Gasteiger partial charge in [0.1, 0.15) is 24.1 Å². The van der Waals surface area contributed by atoms with Gasteiger partial charge in [-0.05, 0) is 55.3 Å². The number of hydrogen-bond acceptors (Lipinski definition) is 7. The fourth-order valence-corrected chi connectivity index (χ4v) is 3.19. The molecule has 0 heterocycles. The van der Waals surface area contributed by atoms with Gasteiger partial charge in [-0.25, -0.2) is 21.5 Å². The van der Waals surface area contributed by atoms with Crippen molar-refractivity contribution in [2.24, 2.45) is 22.4 Å². The first-order valence-electron chi connectivity index (χ1n) is 9.54. The SMILES string of the molecule is CN=C(C#N)C(C)=C(N)c1ccc(OCc2c(Cl)cccc2N(N)C(=O)N(C)N)c(C)c1. The zero-order valence-electron chi connectivity index (χ0n) is 18.4. The topological polar surface area (TPSA) is 147 Å². The number of amides is 2. The number of carbonyl (C=O) groups is 1. The first kappa shape index (κ1) is 24.7. The molecule has 0 saturated carbocycles. The standard InChI is InChI=1S/C22H26ClN7O2/c1-13-10-15(21(25)14(2)18(11-24)28-3)8-9-20(13)32-12-16-17(23)6-5-7-19(16)30(27)22(31)29(4)26/h5-10H,12,25-27H2,1-4H3. The van der Waals surface area contributed by atoms with Crippen molar-refractivity contribution in [2.45, 2.75) is 20.5 Å². The minimum absolute atomic E-state index is 0.0654. The summed E-state index contributed by atoms with van der Waals surface area (Å²) >= 11 is 6.34. The number of urea groups is 1. The van der Waals surface area contributed by atoms with Crippen molar-refractivity contribution in [3.63, 3.8) is 0 Å². The van der Waals surface area contributed by atoms with Crippen LogP contribution in [0.25, 0.3) is 5.70 Å². The Kier molecular flexibility index (Phi) is 8.21. The molecule has 0 aliphatic rings. The van der Waals surface area contributed by atoms with Gasteiger partial charge in [-0.15, -0.1) is 0 Å². The molecule has 0 radical (unpaired) electrons. The minimum Gasteiger partial charge on any atom is -0.488 e. The lowest BCUT2D eigenvalue weighted by molar-refractivity contribution is 0.216. The number of benzene rings is 2. The van der Waals surface area contributed by atoms with Crippen molar-refractivity contribution in [1.82, 2.24) is 5.01 Å². The van der Waals surface area contributed by atoms with Gasteiger partial charge in [-0.2, -0.15) is 5.26 Å². The lowest BCUT2D eigenvalue weighted by Crippen LogP contribution is -2.49. The van der Waals surface area contributed by atoms with Crippen LogP contribution in [-0.4, -0.2) is 30.8 Å². The van der Waals surface area contributed by atoms with E-state index >= 15 is 0 Å². The summed E-state index contributed by atoms with van der Waals surface area (Å²) in [6.45, 7) is 3.68. The molecule has 2 amide bonds. The van der Waals surface area contributed by atoms with Gasteiger partial charge in [0, 0.05) is 36.0 Å². The number of aliphatic imine (C=N–C) groups is 1. The molecule has 0 bridgehead atoms. The number of aryl methyl sites for hydroxylation is 1. The molecule has 2 aromatic carbocycles. The molecule has 10 heteroatoms. The molecule has 32 heavy (non-hydrogen) atoms. The summed E-state index contributed by atoms with van der Waals surface area (Å²) in [5.41, 5.74) is 10.0. The number of allylic oxidation sites excluding steroid dienone is 1. The average molecular weight is 456 g/mol. The van der Waals surface area contributed by atoms with Gasteiger partial charge >= 0.3 is 6.03 Å². The van der Waals surface area contributed by atoms with Gasteiger partial charge in [0.15, 0.2) is 0 Å². The Hall–Kier alpha value is -3.58. The smallest absolute Gasteiger partial charge is 0.352 e. The summed E-state index contributed by atoms with van der Waals surface area (Å²) in [6, 6.07) is 11.8. The number of hydrogen-bond donors (Lipinski definition) is 3. The Morgan fingerprint density at radius 3 is 2.53 bits per heavy atom. The highest BCUT2D eigenvalue weighted by molar-refractivity contribution is 6.31. The lowest BCUT2D eigenvalue weighted by Gasteiger charge is -2.24. The number of nitriles is 1. The van der Waals surface area contributed by atoms with Crippen LogP contribution < -0.4 is 27.2 Å². The van der Waals surface area contributed by atoms with Gasteiger partial charge < -0.3 is 10.5 Å². The molecule has 0 atom stereocenters. The molecule has 0 aliphatic carbocycles. The first-order chi connectivity index (χ1) is 15.1. The van der Waals surface area contributed by atoms with Crippen LogP contribution in [0.3, 0.4) is 0 Å². The van der Waals surface area contributed by atoms with E-state index in [1.165, 1.54) is 7.05 Å². The van der Waals surface area contributed by atoms with Crippen molar-refractivity contribution < 1.29 is 9.53 Å². The van der Waals surface area contributed by atoms with E-state index in [9.17, 15) is 10.1 Å². The zero-order valence-corrected chi connectivity index (χ0v) is 19.1. The highest BCUT2D eigenvalue weighted by Crippen LogP contribution is 2.30. The predicted molar refractivity (Wildman–Crippen MR) is 127 cm³/mol. The normalized spacial score (nSPS) is 12.0. The monoisotopic (exact) mass is 455 g/mol. The third kappa shape index (κ3) is 5.36. The molecular weight excluding hydrogens is 430 g/mol.